The molecule has 2 rings (SSSR count). The molecular formula is C15H18N2O2. The quantitative estimate of drug-likeness (QED) is 0.910. The zero-order valence-corrected chi connectivity index (χ0v) is 11.2. The molecule has 0 bridgehead atoms. The summed E-state index contributed by atoms with van der Waals surface area (Å²) in [5.74, 6) is -0.0387. The maximum absolute atomic E-state index is 11.9. The number of rotatable bonds is 4. The van der Waals surface area contributed by atoms with Crippen LogP contribution >= 0.6 is 0 Å². The molecule has 2 aromatic rings. The van der Waals surface area contributed by atoms with Gasteiger partial charge in [0.1, 0.15) is 6.54 Å². The number of carbonyl (C=O) groups excluding carboxylic acids is 1. The average molecular weight is 258 g/mol. The minimum atomic E-state index is -0.0387. The Hall–Kier alpha value is -2.10. The third kappa shape index (κ3) is 3.02. The number of pyridine rings is 1. The summed E-state index contributed by atoms with van der Waals surface area (Å²) in [5.41, 5.74) is 0.767. The van der Waals surface area contributed by atoms with Crippen LogP contribution in [0, 0.1) is 0 Å². The van der Waals surface area contributed by atoms with Gasteiger partial charge in [-0.25, -0.2) is 0 Å². The Bertz CT molecular complexity index is 646. The first-order valence-electron chi connectivity index (χ1n) is 6.49. The highest BCUT2D eigenvalue weighted by molar-refractivity contribution is 5.82. The van der Waals surface area contributed by atoms with Gasteiger partial charge in [-0.15, -0.1) is 0 Å². The second kappa shape index (κ2) is 5.69. The summed E-state index contributed by atoms with van der Waals surface area (Å²) in [6.07, 6.45) is 2.57. The van der Waals surface area contributed by atoms with Gasteiger partial charge in [0, 0.05) is 23.7 Å². The van der Waals surface area contributed by atoms with E-state index in [1.165, 1.54) is 6.07 Å². The molecule has 0 aliphatic heterocycles. The van der Waals surface area contributed by atoms with E-state index in [1.54, 1.807) is 16.8 Å². The number of nitrogens with zero attached hydrogens (tertiary/aromatic N) is 1. The SMILES string of the molecule is CC[C@H](C)NC(=O)Cn1ccc(=O)c2ccccc21. The van der Waals surface area contributed by atoms with Crippen molar-refractivity contribution in [1.82, 2.24) is 9.88 Å². The topological polar surface area (TPSA) is 51.1 Å². The molecule has 0 aliphatic rings. The molecule has 4 nitrogen and oxygen atoms in total. The van der Waals surface area contributed by atoms with Crippen molar-refractivity contribution in [1.29, 1.82) is 0 Å². The van der Waals surface area contributed by atoms with Crippen molar-refractivity contribution in [3.63, 3.8) is 0 Å². The van der Waals surface area contributed by atoms with Gasteiger partial charge in [0.2, 0.25) is 5.91 Å². The smallest absolute Gasteiger partial charge is 0.240 e. The van der Waals surface area contributed by atoms with Gasteiger partial charge < -0.3 is 9.88 Å². The average Bonchev–Trinajstić information content (AvgIpc) is 2.42. The summed E-state index contributed by atoms with van der Waals surface area (Å²) >= 11 is 0. The van der Waals surface area contributed by atoms with Gasteiger partial charge in [0.25, 0.3) is 0 Å². The highest BCUT2D eigenvalue weighted by Crippen LogP contribution is 2.09. The van der Waals surface area contributed by atoms with Crippen molar-refractivity contribution in [3.05, 3.63) is 46.8 Å². The van der Waals surface area contributed by atoms with Gasteiger partial charge in [-0.1, -0.05) is 19.1 Å². The molecule has 0 spiro atoms. The highest BCUT2D eigenvalue weighted by atomic mass is 16.2. The van der Waals surface area contributed by atoms with Crippen LogP contribution in [0.25, 0.3) is 10.9 Å². The standard InChI is InChI=1S/C15H18N2O2/c1-3-11(2)16-15(19)10-17-9-8-14(18)12-6-4-5-7-13(12)17/h4-9,11H,3,10H2,1-2H3,(H,16,19)/t11-/m0/s1. The maximum atomic E-state index is 11.9. The Labute approximate surface area is 112 Å². The molecule has 4 heteroatoms. The van der Waals surface area contributed by atoms with Crippen LogP contribution in [0.1, 0.15) is 20.3 Å². The molecule has 0 unspecified atom stereocenters. The summed E-state index contributed by atoms with van der Waals surface area (Å²) in [5, 5.41) is 3.56. The van der Waals surface area contributed by atoms with Crippen LogP contribution in [0.5, 0.6) is 0 Å². The van der Waals surface area contributed by atoms with E-state index in [-0.39, 0.29) is 23.9 Å². The molecule has 0 aliphatic carbocycles. The molecule has 1 N–H and O–H groups in total. The van der Waals surface area contributed by atoms with Crippen molar-refractivity contribution in [3.8, 4) is 0 Å². The van der Waals surface area contributed by atoms with E-state index in [0.29, 0.717) is 5.39 Å². The van der Waals surface area contributed by atoms with Gasteiger partial charge in [0.15, 0.2) is 5.43 Å². The largest absolute Gasteiger partial charge is 0.352 e. The van der Waals surface area contributed by atoms with Crippen LogP contribution < -0.4 is 10.7 Å². The number of carbonyl (C=O) groups is 1. The third-order valence-corrected chi connectivity index (χ3v) is 3.22. The first kappa shape index (κ1) is 13.3. The van der Waals surface area contributed by atoms with E-state index >= 15 is 0 Å². The highest BCUT2D eigenvalue weighted by Gasteiger charge is 2.08. The lowest BCUT2D eigenvalue weighted by molar-refractivity contribution is -0.122. The number of hydrogen-bond donors (Lipinski definition) is 1. The molecule has 0 radical (unpaired) electrons. The number of fused-ring (bicyclic) bond motifs is 1. The lowest BCUT2D eigenvalue weighted by Crippen LogP contribution is -2.34. The Balaban J connectivity index is 2.29. The fourth-order valence-electron chi connectivity index (χ4n) is 1.98. The lowest BCUT2D eigenvalue weighted by atomic mass is 10.2. The third-order valence-electron chi connectivity index (χ3n) is 3.22. The molecule has 1 amide bonds. The molecule has 1 aromatic carbocycles. The Morgan fingerprint density at radius 3 is 2.79 bits per heavy atom. The lowest BCUT2D eigenvalue weighted by Gasteiger charge is -2.14. The maximum Gasteiger partial charge on any atom is 0.240 e. The molecule has 1 aromatic heterocycles. The number of amides is 1. The number of benzene rings is 1. The van der Waals surface area contributed by atoms with Gasteiger partial charge in [0.05, 0.1) is 5.52 Å². The fourth-order valence-corrected chi connectivity index (χ4v) is 1.98. The minimum absolute atomic E-state index is 0.0193. The Morgan fingerprint density at radius 1 is 1.32 bits per heavy atom. The van der Waals surface area contributed by atoms with E-state index in [9.17, 15) is 9.59 Å². The summed E-state index contributed by atoms with van der Waals surface area (Å²) in [6, 6.07) is 8.99. The van der Waals surface area contributed by atoms with Crippen LogP contribution in [-0.4, -0.2) is 16.5 Å². The molecule has 1 atom stereocenters. The predicted octanol–water partition coefficient (Wildman–Crippen LogP) is 1.92. The van der Waals surface area contributed by atoms with Gasteiger partial charge in [-0.05, 0) is 25.5 Å². The van der Waals surface area contributed by atoms with Crippen molar-refractivity contribution in [2.45, 2.75) is 32.9 Å². The van der Waals surface area contributed by atoms with Crippen molar-refractivity contribution < 1.29 is 4.79 Å². The fraction of sp³-hybridized carbons (Fsp3) is 0.333. The summed E-state index contributed by atoms with van der Waals surface area (Å²) in [4.78, 5) is 23.6. The number of hydrogen-bond acceptors (Lipinski definition) is 2. The number of aromatic nitrogens is 1. The van der Waals surface area contributed by atoms with Gasteiger partial charge >= 0.3 is 0 Å². The molecular weight excluding hydrogens is 240 g/mol. The van der Waals surface area contributed by atoms with E-state index in [2.05, 4.69) is 5.32 Å². The molecule has 0 saturated heterocycles. The molecule has 100 valence electrons. The first-order chi connectivity index (χ1) is 9.11. The second-order valence-corrected chi connectivity index (χ2v) is 4.70. The molecule has 0 saturated carbocycles. The van der Waals surface area contributed by atoms with Gasteiger partial charge in [-0.2, -0.15) is 0 Å². The number of nitrogens with one attached hydrogen (secondary N) is 1. The Kier molecular flexibility index (Phi) is 4.00. The normalized spacial score (nSPS) is 12.3. The second-order valence-electron chi connectivity index (χ2n) is 4.70. The summed E-state index contributed by atoms with van der Waals surface area (Å²) in [6.45, 7) is 4.23. The predicted molar refractivity (Wildman–Crippen MR) is 76.1 cm³/mol. The molecule has 19 heavy (non-hydrogen) atoms. The van der Waals surface area contributed by atoms with E-state index in [4.69, 9.17) is 0 Å². The summed E-state index contributed by atoms with van der Waals surface area (Å²) in [7, 11) is 0. The van der Waals surface area contributed by atoms with Crippen LogP contribution in [0.15, 0.2) is 41.3 Å². The number of para-hydroxylation sites is 1. The van der Waals surface area contributed by atoms with Crippen molar-refractivity contribution >= 4 is 16.8 Å². The van der Waals surface area contributed by atoms with Crippen LogP contribution in [-0.2, 0) is 11.3 Å². The van der Waals surface area contributed by atoms with Crippen LogP contribution in [0.2, 0.25) is 0 Å². The minimum Gasteiger partial charge on any atom is -0.352 e. The monoisotopic (exact) mass is 258 g/mol. The first-order valence-corrected chi connectivity index (χ1v) is 6.49. The van der Waals surface area contributed by atoms with Crippen LogP contribution in [0.3, 0.4) is 0 Å². The van der Waals surface area contributed by atoms with Crippen LogP contribution in [0.4, 0.5) is 0 Å². The zero-order valence-electron chi connectivity index (χ0n) is 11.2. The van der Waals surface area contributed by atoms with E-state index < -0.39 is 0 Å². The molecule has 0 fully saturated rings. The van der Waals surface area contributed by atoms with Crippen molar-refractivity contribution in [2.24, 2.45) is 0 Å². The summed E-state index contributed by atoms with van der Waals surface area (Å²) < 4.78 is 1.80. The zero-order chi connectivity index (χ0) is 13.8. The van der Waals surface area contributed by atoms with Crippen molar-refractivity contribution in [2.75, 3.05) is 0 Å². The van der Waals surface area contributed by atoms with Gasteiger partial charge in [-0.3, -0.25) is 9.59 Å². The molecule has 1 heterocycles. The van der Waals surface area contributed by atoms with E-state index in [0.717, 1.165) is 11.9 Å². The Morgan fingerprint density at radius 2 is 2.05 bits per heavy atom. The van der Waals surface area contributed by atoms with E-state index in [1.807, 2.05) is 32.0 Å².